The van der Waals surface area contributed by atoms with Gasteiger partial charge in [0, 0.05) is 37.1 Å². The van der Waals surface area contributed by atoms with Gasteiger partial charge in [-0.2, -0.15) is 0 Å². The van der Waals surface area contributed by atoms with Crippen molar-refractivity contribution in [1.82, 2.24) is 14.9 Å². The van der Waals surface area contributed by atoms with Gasteiger partial charge < -0.3 is 15.0 Å². The van der Waals surface area contributed by atoms with Crippen molar-refractivity contribution in [3.63, 3.8) is 0 Å². The zero-order valence-corrected chi connectivity index (χ0v) is 25.5. The summed E-state index contributed by atoms with van der Waals surface area (Å²) in [4.78, 5) is 22.7. The van der Waals surface area contributed by atoms with E-state index in [1.165, 1.54) is 30.3 Å². The average molecular weight is 616 g/mol. The molecule has 0 unspecified atom stereocenters. The predicted molar refractivity (Wildman–Crippen MR) is 163 cm³/mol. The van der Waals surface area contributed by atoms with Crippen LogP contribution in [0.3, 0.4) is 0 Å². The molecule has 1 aromatic heterocycles. The van der Waals surface area contributed by atoms with Crippen LogP contribution in [0.15, 0.2) is 59.8 Å². The minimum Gasteiger partial charge on any atom is -0.444 e. The van der Waals surface area contributed by atoms with Crippen molar-refractivity contribution in [2.45, 2.75) is 69.0 Å². The van der Waals surface area contributed by atoms with Crippen LogP contribution in [0.4, 0.5) is 20.8 Å². The Balaban J connectivity index is 1.29. The van der Waals surface area contributed by atoms with E-state index in [0.717, 1.165) is 25.7 Å². The van der Waals surface area contributed by atoms with Crippen LogP contribution >= 0.6 is 11.6 Å². The number of halogens is 2. The summed E-state index contributed by atoms with van der Waals surface area (Å²) in [5.41, 5.74) is 0.539. The number of hydrogen-bond acceptors (Lipinski definition) is 7. The molecule has 0 saturated heterocycles. The van der Waals surface area contributed by atoms with Gasteiger partial charge in [0.15, 0.2) is 0 Å². The van der Waals surface area contributed by atoms with Crippen LogP contribution in [0, 0.1) is 5.82 Å². The molecule has 9 nitrogen and oxygen atoms in total. The lowest BCUT2D eigenvalue weighted by atomic mass is 9.90. The van der Waals surface area contributed by atoms with Gasteiger partial charge in [0.2, 0.25) is 5.95 Å². The third-order valence-corrected chi connectivity index (χ3v) is 8.63. The number of carbonyl (C=O) groups excluding carboxylic acids is 1. The van der Waals surface area contributed by atoms with Crippen LogP contribution in [0.2, 0.25) is 5.02 Å². The second-order valence-corrected chi connectivity index (χ2v) is 13.2. The summed E-state index contributed by atoms with van der Waals surface area (Å²) in [7, 11) is -2.26. The zero-order chi connectivity index (χ0) is 30.5. The largest absolute Gasteiger partial charge is 0.444 e. The molecule has 0 spiro atoms. The molecule has 3 aromatic rings. The molecule has 1 heterocycles. The molecule has 2 aromatic carbocycles. The minimum atomic E-state index is -4.05. The van der Waals surface area contributed by atoms with E-state index in [4.69, 9.17) is 16.3 Å². The van der Waals surface area contributed by atoms with Crippen LogP contribution < -0.4 is 10.0 Å². The third-order valence-electron chi connectivity index (χ3n) is 6.76. The Bertz CT molecular complexity index is 1540. The molecule has 1 aliphatic carbocycles. The summed E-state index contributed by atoms with van der Waals surface area (Å²) in [5.74, 6) is -0.215. The molecule has 1 saturated carbocycles. The smallest absolute Gasteiger partial charge is 0.410 e. The maximum atomic E-state index is 14.7. The number of hydrogen-bond donors (Lipinski definition) is 2. The van der Waals surface area contributed by atoms with E-state index in [1.807, 2.05) is 20.8 Å². The highest BCUT2D eigenvalue weighted by atomic mass is 35.5. The van der Waals surface area contributed by atoms with Gasteiger partial charge in [-0.25, -0.2) is 27.6 Å². The molecule has 12 heteroatoms. The Morgan fingerprint density at radius 2 is 1.69 bits per heavy atom. The molecule has 1 fully saturated rings. The lowest BCUT2D eigenvalue weighted by Gasteiger charge is -2.35. The van der Waals surface area contributed by atoms with Crippen LogP contribution in [-0.2, 0) is 14.8 Å². The summed E-state index contributed by atoms with van der Waals surface area (Å²) in [6, 6.07) is 10.5. The van der Waals surface area contributed by atoms with E-state index in [0.29, 0.717) is 17.1 Å². The quantitative estimate of drug-likeness (QED) is 0.285. The van der Waals surface area contributed by atoms with Crippen molar-refractivity contribution in [2.75, 3.05) is 17.1 Å². The maximum absolute atomic E-state index is 14.7. The highest BCUT2D eigenvalue weighted by Crippen LogP contribution is 2.27. The second-order valence-electron chi connectivity index (χ2n) is 11.2. The standard InChI is InChI=1S/C30H35ClFN5O4S/c1-30(2,3)41-29(38)37(4)23-14-12-22(13-15-23)35-28-33-18-21(19-34-28)10-9-20-11-16-26(25(32)17-20)36-42(39,40)27-8-6-5-7-24(27)31/h5-11,16-19,22-23,36H,12-15H2,1-4H3,(H,33,34,35)/b10-9-. The Labute approximate surface area is 251 Å². The van der Waals surface area contributed by atoms with Gasteiger partial charge in [-0.3, -0.25) is 4.72 Å². The molecule has 4 rings (SSSR count). The van der Waals surface area contributed by atoms with Gasteiger partial charge in [-0.1, -0.05) is 42.0 Å². The number of amides is 1. The highest BCUT2D eigenvalue weighted by molar-refractivity contribution is 7.92. The predicted octanol–water partition coefficient (Wildman–Crippen LogP) is 6.83. The van der Waals surface area contributed by atoms with Crippen molar-refractivity contribution in [3.05, 3.63) is 76.8 Å². The lowest BCUT2D eigenvalue weighted by molar-refractivity contribution is 0.0185. The fraction of sp³-hybridized carbons (Fsp3) is 0.367. The molecule has 42 heavy (non-hydrogen) atoms. The van der Waals surface area contributed by atoms with Crippen LogP contribution in [0.5, 0.6) is 0 Å². The van der Waals surface area contributed by atoms with Gasteiger partial charge in [-0.05, 0) is 76.3 Å². The van der Waals surface area contributed by atoms with Gasteiger partial charge >= 0.3 is 6.09 Å². The van der Waals surface area contributed by atoms with Crippen LogP contribution in [0.25, 0.3) is 12.2 Å². The number of aromatic nitrogens is 2. The lowest BCUT2D eigenvalue weighted by Crippen LogP contribution is -2.43. The number of ether oxygens (including phenoxy) is 1. The van der Waals surface area contributed by atoms with E-state index >= 15 is 0 Å². The van der Waals surface area contributed by atoms with Crippen molar-refractivity contribution in [2.24, 2.45) is 0 Å². The molecule has 0 atom stereocenters. The third kappa shape index (κ3) is 8.42. The molecule has 224 valence electrons. The molecule has 0 aliphatic heterocycles. The van der Waals surface area contributed by atoms with Gasteiger partial charge in [-0.15, -0.1) is 0 Å². The molecule has 0 bridgehead atoms. The van der Waals surface area contributed by atoms with E-state index in [9.17, 15) is 17.6 Å². The monoisotopic (exact) mass is 615 g/mol. The minimum absolute atomic E-state index is 0.0453. The van der Waals surface area contributed by atoms with Crippen molar-refractivity contribution < 1.29 is 22.3 Å². The van der Waals surface area contributed by atoms with Crippen molar-refractivity contribution >= 4 is 51.5 Å². The Kier molecular flexibility index (Phi) is 9.73. The second kappa shape index (κ2) is 13.1. The van der Waals surface area contributed by atoms with Crippen molar-refractivity contribution in [3.8, 4) is 0 Å². The summed E-state index contributed by atoms with van der Waals surface area (Å²) in [5, 5.41) is 3.41. The first-order valence-corrected chi connectivity index (χ1v) is 15.5. The zero-order valence-electron chi connectivity index (χ0n) is 24.0. The summed E-state index contributed by atoms with van der Waals surface area (Å²) in [6.07, 6.45) is 9.90. The fourth-order valence-corrected chi connectivity index (χ4v) is 6.13. The summed E-state index contributed by atoms with van der Waals surface area (Å²) in [6.45, 7) is 5.57. The van der Waals surface area contributed by atoms with Crippen molar-refractivity contribution in [1.29, 1.82) is 0 Å². The van der Waals surface area contributed by atoms with Gasteiger partial charge in [0.25, 0.3) is 10.0 Å². The summed E-state index contributed by atoms with van der Waals surface area (Å²) < 4.78 is 47.7. The van der Waals surface area contributed by atoms with E-state index in [-0.39, 0.29) is 33.8 Å². The Morgan fingerprint density at radius 1 is 1.05 bits per heavy atom. The fourth-order valence-electron chi connectivity index (χ4n) is 4.54. The number of nitrogens with zero attached hydrogens (tertiary/aromatic N) is 3. The number of nitrogens with one attached hydrogen (secondary N) is 2. The number of benzene rings is 2. The van der Waals surface area contributed by atoms with Gasteiger partial charge in [0.05, 0.1) is 10.7 Å². The van der Waals surface area contributed by atoms with Crippen LogP contribution in [-0.4, -0.2) is 54.1 Å². The number of rotatable bonds is 8. The van der Waals surface area contributed by atoms with Crippen LogP contribution in [0.1, 0.15) is 57.6 Å². The van der Waals surface area contributed by atoms with E-state index in [1.54, 1.807) is 48.6 Å². The number of carbonyl (C=O) groups is 1. The van der Waals surface area contributed by atoms with E-state index in [2.05, 4.69) is 20.0 Å². The molecular weight excluding hydrogens is 581 g/mol. The molecule has 2 N–H and O–H groups in total. The maximum Gasteiger partial charge on any atom is 0.410 e. The topological polar surface area (TPSA) is 114 Å². The number of anilines is 2. The normalized spacial score (nSPS) is 17.6. The summed E-state index contributed by atoms with van der Waals surface area (Å²) >= 11 is 5.99. The molecule has 1 aliphatic rings. The molecule has 1 amide bonds. The Morgan fingerprint density at radius 3 is 2.31 bits per heavy atom. The number of sulfonamides is 1. The first-order chi connectivity index (χ1) is 19.8. The average Bonchev–Trinajstić information content (AvgIpc) is 2.93. The van der Waals surface area contributed by atoms with Gasteiger partial charge in [0.1, 0.15) is 16.3 Å². The molecule has 0 radical (unpaired) electrons. The SMILES string of the molecule is CN(C(=O)OC(C)(C)C)C1CCC(Nc2ncc(/C=C\c3ccc(NS(=O)(=O)c4ccccc4Cl)c(F)c3)cn2)CC1. The highest BCUT2D eigenvalue weighted by Gasteiger charge is 2.29. The molecular formula is C30H35ClFN5O4S. The van der Waals surface area contributed by atoms with E-state index < -0.39 is 21.4 Å². The first kappa shape index (κ1) is 31.2. The first-order valence-electron chi connectivity index (χ1n) is 13.6. The Hall–Kier alpha value is -3.70.